The molecule has 0 saturated carbocycles. The van der Waals surface area contributed by atoms with E-state index in [1.54, 1.807) is 0 Å². The quantitative estimate of drug-likeness (QED) is 0.772. The van der Waals surface area contributed by atoms with Gasteiger partial charge in [0, 0.05) is 4.47 Å². The first-order chi connectivity index (χ1) is 6.13. The highest BCUT2D eigenvalue weighted by Gasteiger charge is 2.08. The molecule has 0 saturated heterocycles. The largest absolute Gasteiger partial charge is 0.434 e. The summed E-state index contributed by atoms with van der Waals surface area (Å²) in [5.41, 5.74) is 0.0923. The molecule has 0 N–H and O–H groups in total. The van der Waals surface area contributed by atoms with Crippen LogP contribution < -0.4 is 4.74 Å². The van der Waals surface area contributed by atoms with Crippen molar-refractivity contribution in [2.45, 2.75) is 6.61 Å². The Morgan fingerprint density at radius 1 is 1.46 bits per heavy atom. The first kappa shape index (κ1) is 10.1. The summed E-state index contributed by atoms with van der Waals surface area (Å²) in [6.45, 7) is -2.92. The van der Waals surface area contributed by atoms with Gasteiger partial charge in [0.2, 0.25) is 0 Å². The molecule has 0 unspecified atom stereocenters. The van der Waals surface area contributed by atoms with Crippen LogP contribution >= 0.6 is 15.9 Å². The van der Waals surface area contributed by atoms with Crippen LogP contribution in [0.1, 0.15) is 10.4 Å². The van der Waals surface area contributed by atoms with Crippen molar-refractivity contribution < 1.29 is 18.3 Å². The van der Waals surface area contributed by atoms with Gasteiger partial charge in [0.25, 0.3) is 0 Å². The fraction of sp³-hybridized carbons (Fsp3) is 0.125. The van der Waals surface area contributed by atoms with Crippen molar-refractivity contribution in [2.24, 2.45) is 0 Å². The lowest BCUT2D eigenvalue weighted by Crippen LogP contribution is -2.03. The van der Waals surface area contributed by atoms with E-state index in [4.69, 9.17) is 0 Å². The maximum atomic E-state index is 11.8. The summed E-state index contributed by atoms with van der Waals surface area (Å²) >= 11 is 3.10. The van der Waals surface area contributed by atoms with Crippen molar-refractivity contribution >= 4 is 22.2 Å². The van der Waals surface area contributed by atoms with E-state index >= 15 is 0 Å². The summed E-state index contributed by atoms with van der Waals surface area (Å²) in [5.74, 6) is -0.117. The van der Waals surface area contributed by atoms with Crippen LogP contribution in [-0.2, 0) is 0 Å². The van der Waals surface area contributed by atoms with E-state index in [1.807, 2.05) is 0 Å². The third kappa shape index (κ3) is 2.77. The standard InChI is InChI=1S/C8H5BrF2O2/c9-6-1-2-7(13-8(10)11)5(3-6)4-12/h1-4,8H. The Bertz CT molecular complexity index is 315. The number of carbonyl (C=O) groups is 1. The van der Waals surface area contributed by atoms with Gasteiger partial charge in [-0.3, -0.25) is 4.79 Å². The molecule has 0 heterocycles. The predicted molar refractivity (Wildman–Crippen MR) is 46.2 cm³/mol. The number of hydrogen-bond donors (Lipinski definition) is 0. The van der Waals surface area contributed by atoms with Crippen LogP contribution in [0.15, 0.2) is 22.7 Å². The van der Waals surface area contributed by atoms with Crippen LogP contribution in [0, 0.1) is 0 Å². The molecule has 1 aromatic carbocycles. The van der Waals surface area contributed by atoms with E-state index in [0.717, 1.165) is 0 Å². The Hall–Kier alpha value is -0.970. The van der Waals surface area contributed by atoms with Gasteiger partial charge in [-0.1, -0.05) is 15.9 Å². The Labute approximate surface area is 81.6 Å². The van der Waals surface area contributed by atoms with E-state index in [2.05, 4.69) is 20.7 Å². The zero-order valence-corrected chi connectivity index (χ0v) is 7.92. The highest BCUT2D eigenvalue weighted by molar-refractivity contribution is 9.10. The molecule has 1 aromatic rings. The number of benzene rings is 1. The molecule has 1 rings (SSSR count). The molecule has 13 heavy (non-hydrogen) atoms. The number of hydrogen-bond acceptors (Lipinski definition) is 2. The minimum atomic E-state index is -2.92. The summed E-state index contributed by atoms with van der Waals surface area (Å²) in [6, 6.07) is 4.23. The molecule has 0 amide bonds. The minimum absolute atomic E-state index is 0.0923. The van der Waals surface area contributed by atoms with E-state index in [1.165, 1.54) is 18.2 Å². The second kappa shape index (κ2) is 4.32. The van der Waals surface area contributed by atoms with Gasteiger partial charge in [-0.15, -0.1) is 0 Å². The SMILES string of the molecule is O=Cc1cc(Br)ccc1OC(F)F. The number of aldehydes is 1. The fourth-order valence-corrected chi connectivity index (χ4v) is 1.19. The average molecular weight is 251 g/mol. The molecule has 0 fully saturated rings. The maximum Gasteiger partial charge on any atom is 0.387 e. The highest BCUT2D eigenvalue weighted by atomic mass is 79.9. The van der Waals surface area contributed by atoms with E-state index < -0.39 is 6.61 Å². The predicted octanol–water partition coefficient (Wildman–Crippen LogP) is 2.86. The zero-order chi connectivity index (χ0) is 9.84. The van der Waals surface area contributed by atoms with Gasteiger partial charge < -0.3 is 4.74 Å². The average Bonchev–Trinajstić information content (AvgIpc) is 2.07. The topological polar surface area (TPSA) is 26.3 Å². The smallest absolute Gasteiger partial charge is 0.387 e. The van der Waals surface area contributed by atoms with Gasteiger partial charge in [0.05, 0.1) is 5.56 Å². The Balaban J connectivity index is 2.99. The van der Waals surface area contributed by atoms with E-state index in [0.29, 0.717) is 10.8 Å². The van der Waals surface area contributed by atoms with Crippen molar-refractivity contribution in [1.29, 1.82) is 0 Å². The van der Waals surface area contributed by atoms with Gasteiger partial charge in [0.15, 0.2) is 6.29 Å². The second-order valence-corrected chi connectivity index (χ2v) is 3.09. The molecule has 5 heteroatoms. The van der Waals surface area contributed by atoms with Crippen molar-refractivity contribution in [2.75, 3.05) is 0 Å². The third-order valence-corrected chi connectivity index (χ3v) is 1.81. The summed E-state index contributed by atoms with van der Waals surface area (Å²) in [7, 11) is 0. The van der Waals surface area contributed by atoms with E-state index in [-0.39, 0.29) is 11.3 Å². The van der Waals surface area contributed by atoms with Crippen LogP contribution in [0.25, 0.3) is 0 Å². The van der Waals surface area contributed by atoms with Crippen LogP contribution in [-0.4, -0.2) is 12.9 Å². The number of rotatable bonds is 3. The summed E-state index contributed by atoms with van der Waals surface area (Å²) < 4.78 is 28.3. The molecule has 70 valence electrons. The number of carbonyl (C=O) groups excluding carboxylic acids is 1. The molecule has 0 bridgehead atoms. The number of ether oxygens (including phenoxy) is 1. The summed E-state index contributed by atoms with van der Waals surface area (Å²) in [6.07, 6.45) is 0.461. The van der Waals surface area contributed by atoms with Crippen LogP contribution in [0.4, 0.5) is 8.78 Å². The molecule has 0 aliphatic carbocycles. The molecular formula is C8H5BrF2O2. The number of halogens is 3. The fourth-order valence-electron chi connectivity index (χ4n) is 0.815. The van der Waals surface area contributed by atoms with Crippen molar-refractivity contribution in [3.63, 3.8) is 0 Å². The monoisotopic (exact) mass is 250 g/mol. The number of alkyl halides is 2. The van der Waals surface area contributed by atoms with Gasteiger partial charge in [-0.05, 0) is 18.2 Å². The first-order valence-corrected chi connectivity index (χ1v) is 4.12. The molecule has 0 radical (unpaired) electrons. The van der Waals surface area contributed by atoms with Crippen molar-refractivity contribution in [3.05, 3.63) is 28.2 Å². The Morgan fingerprint density at radius 3 is 2.69 bits per heavy atom. The van der Waals surface area contributed by atoms with Gasteiger partial charge >= 0.3 is 6.61 Å². The van der Waals surface area contributed by atoms with Crippen LogP contribution in [0.3, 0.4) is 0 Å². The molecule has 0 aromatic heterocycles. The lowest BCUT2D eigenvalue weighted by atomic mass is 10.2. The minimum Gasteiger partial charge on any atom is -0.434 e. The molecule has 0 aliphatic rings. The normalized spacial score (nSPS) is 10.2. The summed E-state index contributed by atoms with van der Waals surface area (Å²) in [4.78, 5) is 10.4. The van der Waals surface area contributed by atoms with Crippen molar-refractivity contribution in [3.8, 4) is 5.75 Å². The van der Waals surface area contributed by atoms with Gasteiger partial charge in [-0.25, -0.2) is 0 Å². The Kier molecular flexibility index (Phi) is 3.36. The molecule has 0 atom stereocenters. The van der Waals surface area contributed by atoms with Crippen molar-refractivity contribution in [1.82, 2.24) is 0 Å². The maximum absolute atomic E-state index is 11.8. The lowest BCUT2D eigenvalue weighted by molar-refractivity contribution is -0.0500. The molecule has 0 spiro atoms. The van der Waals surface area contributed by atoms with Crippen LogP contribution in [0.5, 0.6) is 5.75 Å². The van der Waals surface area contributed by atoms with Gasteiger partial charge in [0.1, 0.15) is 5.75 Å². The highest BCUT2D eigenvalue weighted by Crippen LogP contribution is 2.22. The second-order valence-electron chi connectivity index (χ2n) is 2.18. The van der Waals surface area contributed by atoms with Gasteiger partial charge in [-0.2, -0.15) is 8.78 Å². The van der Waals surface area contributed by atoms with E-state index in [9.17, 15) is 13.6 Å². The Morgan fingerprint density at radius 2 is 2.15 bits per heavy atom. The first-order valence-electron chi connectivity index (χ1n) is 3.33. The molecule has 2 nitrogen and oxygen atoms in total. The molecular weight excluding hydrogens is 246 g/mol. The zero-order valence-electron chi connectivity index (χ0n) is 6.34. The molecule has 0 aliphatic heterocycles. The lowest BCUT2D eigenvalue weighted by Gasteiger charge is -2.06. The van der Waals surface area contributed by atoms with Crippen LogP contribution in [0.2, 0.25) is 0 Å². The third-order valence-electron chi connectivity index (χ3n) is 1.31. The summed E-state index contributed by atoms with van der Waals surface area (Å²) in [5, 5.41) is 0.